The molecule has 150 valence electrons. The molecule has 0 spiro atoms. The smallest absolute Gasteiger partial charge is 0.320 e. The van der Waals surface area contributed by atoms with Gasteiger partial charge in [-0.15, -0.1) is 0 Å². The summed E-state index contributed by atoms with van der Waals surface area (Å²) in [6.07, 6.45) is 2.40. The molecule has 1 aliphatic rings. The summed E-state index contributed by atoms with van der Waals surface area (Å²) in [5.74, 6) is -1.23. The van der Waals surface area contributed by atoms with E-state index in [2.05, 4.69) is 0 Å². The normalized spacial score (nSPS) is 16.9. The number of nitrogens with zero attached hydrogens (tertiary/aromatic N) is 1. The number of phenols is 1. The third-order valence-corrected chi connectivity index (χ3v) is 5.04. The van der Waals surface area contributed by atoms with Gasteiger partial charge in [-0.1, -0.05) is 0 Å². The molecule has 8 heteroatoms. The number of rotatable bonds is 5. The molecule has 1 saturated heterocycles. The van der Waals surface area contributed by atoms with E-state index in [1.165, 1.54) is 36.4 Å². The quantitative estimate of drug-likeness (QED) is 0.677. The molecule has 1 fully saturated rings. The highest BCUT2D eigenvalue weighted by molar-refractivity contribution is 5.83. The SMILES string of the molecule is O=C(O)C1CCCN1Cc1c(O)ccc2c(=O)c(Oc3ccc(F)cc3)coc12. The van der Waals surface area contributed by atoms with Crippen molar-refractivity contribution in [1.29, 1.82) is 0 Å². The molecule has 0 saturated carbocycles. The van der Waals surface area contributed by atoms with Crippen LogP contribution in [0.15, 0.2) is 51.9 Å². The summed E-state index contributed by atoms with van der Waals surface area (Å²) in [5, 5.41) is 19.9. The van der Waals surface area contributed by atoms with Crippen LogP contribution in [0.2, 0.25) is 0 Å². The van der Waals surface area contributed by atoms with Crippen LogP contribution in [0.25, 0.3) is 11.0 Å². The van der Waals surface area contributed by atoms with E-state index in [0.29, 0.717) is 18.5 Å². The molecule has 29 heavy (non-hydrogen) atoms. The van der Waals surface area contributed by atoms with Crippen LogP contribution in [0.4, 0.5) is 4.39 Å². The number of likely N-dealkylation sites (tertiary alicyclic amines) is 1. The van der Waals surface area contributed by atoms with Gasteiger partial charge >= 0.3 is 5.97 Å². The van der Waals surface area contributed by atoms with Crippen LogP contribution >= 0.6 is 0 Å². The summed E-state index contributed by atoms with van der Waals surface area (Å²) in [6.45, 7) is 0.712. The number of carbonyl (C=O) groups is 1. The molecule has 1 unspecified atom stereocenters. The highest BCUT2D eigenvalue weighted by Crippen LogP contribution is 2.31. The number of carboxylic acids is 1. The number of aliphatic carboxylic acids is 1. The van der Waals surface area contributed by atoms with Gasteiger partial charge in [0.15, 0.2) is 0 Å². The van der Waals surface area contributed by atoms with Crippen LogP contribution < -0.4 is 10.2 Å². The number of benzene rings is 2. The molecule has 1 aliphatic heterocycles. The molecule has 1 atom stereocenters. The maximum Gasteiger partial charge on any atom is 0.320 e. The Balaban J connectivity index is 1.70. The molecule has 2 aromatic carbocycles. The molecule has 1 aromatic heterocycles. The number of fused-ring (bicyclic) bond motifs is 1. The van der Waals surface area contributed by atoms with Crippen molar-refractivity contribution >= 4 is 16.9 Å². The summed E-state index contributed by atoms with van der Waals surface area (Å²) in [4.78, 5) is 26.0. The first-order valence-electron chi connectivity index (χ1n) is 9.10. The van der Waals surface area contributed by atoms with E-state index < -0.39 is 23.3 Å². The van der Waals surface area contributed by atoms with Crippen LogP contribution in [0.3, 0.4) is 0 Å². The number of hydrogen-bond acceptors (Lipinski definition) is 6. The minimum atomic E-state index is -0.918. The van der Waals surface area contributed by atoms with Crippen LogP contribution in [-0.2, 0) is 11.3 Å². The van der Waals surface area contributed by atoms with Crippen molar-refractivity contribution in [3.8, 4) is 17.2 Å². The van der Waals surface area contributed by atoms with E-state index in [-0.39, 0.29) is 34.8 Å². The number of aromatic hydroxyl groups is 1. The zero-order chi connectivity index (χ0) is 20.5. The van der Waals surface area contributed by atoms with Gasteiger partial charge in [0.2, 0.25) is 11.2 Å². The van der Waals surface area contributed by atoms with Gasteiger partial charge < -0.3 is 19.4 Å². The standard InChI is InChI=1S/C21H18FNO6/c22-12-3-5-13(6-4-12)29-18-11-28-20-14(19(18)25)7-8-17(24)15(20)10-23-9-1-2-16(23)21(26)27/h3-8,11,16,24H,1-2,9-10H2,(H,26,27). The van der Waals surface area contributed by atoms with E-state index in [4.69, 9.17) is 9.15 Å². The third kappa shape index (κ3) is 3.66. The second-order valence-electron chi connectivity index (χ2n) is 6.89. The minimum absolute atomic E-state index is 0.0784. The summed E-state index contributed by atoms with van der Waals surface area (Å²) in [5.41, 5.74) is 0.0756. The molecule has 0 radical (unpaired) electrons. The Hall–Kier alpha value is -3.39. The first-order chi connectivity index (χ1) is 13.9. The van der Waals surface area contributed by atoms with E-state index in [1.807, 2.05) is 0 Å². The first kappa shape index (κ1) is 18.9. The van der Waals surface area contributed by atoms with Crippen LogP contribution in [-0.4, -0.2) is 33.7 Å². The van der Waals surface area contributed by atoms with Crippen LogP contribution in [0.1, 0.15) is 18.4 Å². The average molecular weight is 399 g/mol. The lowest BCUT2D eigenvalue weighted by atomic mass is 10.1. The summed E-state index contributed by atoms with van der Waals surface area (Å²) < 4.78 is 24.1. The summed E-state index contributed by atoms with van der Waals surface area (Å²) >= 11 is 0. The Kier molecular flexibility index (Phi) is 4.94. The topological polar surface area (TPSA) is 100 Å². The zero-order valence-electron chi connectivity index (χ0n) is 15.3. The van der Waals surface area contributed by atoms with E-state index in [0.717, 1.165) is 12.7 Å². The van der Waals surface area contributed by atoms with E-state index in [1.54, 1.807) is 4.90 Å². The largest absolute Gasteiger partial charge is 0.507 e. The van der Waals surface area contributed by atoms with E-state index >= 15 is 0 Å². The Bertz CT molecular complexity index is 1120. The number of phenolic OH excluding ortho intramolecular Hbond substituents is 1. The maximum absolute atomic E-state index is 13.0. The lowest BCUT2D eigenvalue weighted by molar-refractivity contribution is -0.142. The molecule has 0 bridgehead atoms. The highest BCUT2D eigenvalue weighted by atomic mass is 19.1. The Labute approximate surface area is 164 Å². The molecule has 2 heterocycles. The van der Waals surface area contributed by atoms with Crippen molar-refractivity contribution in [2.45, 2.75) is 25.4 Å². The van der Waals surface area contributed by atoms with Crippen molar-refractivity contribution < 1.29 is 28.6 Å². The van der Waals surface area contributed by atoms with Crippen LogP contribution in [0.5, 0.6) is 17.2 Å². The highest BCUT2D eigenvalue weighted by Gasteiger charge is 2.31. The molecule has 0 amide bonds. The monoisotopic (exact) mass is 399 g/mol. The van der Waals surface area contributed by atoms with Crippen molar-refractivity contribution in [3.63, 3.8) is 0 Å². The van der Waals surface area contributed by atoms with Crippen molar-refractivity contribution in [2.24, 2.45) is 0 Å². The van der Waals surface area contributed by atoms with Gasteiger partial charge in [0.25, 0.3) is 0 Å². The van der Waals surface area contributed by atoms with Crippen molar-refractivity contribution in [1.82, 2.24) is 4.90 Å². The minimum Gasteiger partial charge on any atom is -0.507 e. The first-order valence-corrected chi connectivity index (χ1v) is 9.10. The van der Waals surface area contributed by atoms with Gasteiger partial charge in [0.1, 0.15) is 35.2 Å². The fourth-order valence-electron chi connectivity index (χ4n) is 3.58. The van der Waals surface area contributed by atoms with Crippen LogP contribution in [0, 0.1) is 5.82 Å². The Morgan fingerprint density at radius 2 is 2.00 bits per heavy atom. The average Bonchev–Trinajstić information content (AvgIpc) is 3.16. The van der Waals surface area contributed by atoms with Crippen molar-refractivity contribution in [2.75, 3.05) is 6.54 Å². The van der Waals surface area contributed by atoms with Gasteiger partial charge in [0, 0.05) is 6.54 Å². The molecule has 2 N–H and O–H groups in total. The predicted octanol–water partition coefficient (Wildman–Crippen LogP) is 3.48. The van der Waals surface area contributed by atoms with Gasteiger partial charge in [-0.25, -0.2) is 4.39 Å². The van der Waals surface area contributed by atoms with Gasteiger partial charge in [-0.3, -0.25) is 14.5 Å². The fraction of sp³-hybridized carbons (Fsp3) is 0.238. The molecule has 3 aromatic rings. The molecular formula is C21H18FNO6. The molecule has 4 rings (SSSR count). The number of carboxylic acid groups (broad SMARTS) is 1. The number of halogens is 1. The van der Waals surface area contributed by atoms with E-state index in [9.17, 15) is 24.2 Å². The molecule has 7 nitrogen and oxygen atoms in total. The number of ether oxygens (including phenoxy) is 1. The molecule has 0 aliphatic carbocycles. The second-order valence-corrected chi connectivity index (χ2v) is 6.89. The third-order valence-electron chi connectivity index (χ3n) is 5.04. The zero-order valence-corrected chi connectivity index (χ0v) is 15.3. The second kappa shape index (κ2) is 7.56. The van der Waals surface area contributed by atoms with Gasteiger partial charge in [-0.2, -0.15) is 0 Å². The van der Waals surface area contributed by atoms with Crippen molar-refractivity contribution in [3.05, 3.63) is 64.3 Å². The summed E-state index contributed by atoms with van der Waals surface area (Å²) in [6, 6.07) is 7.36. The lowest BCUT2D eigenvalue weighted by Crippen LogP contribution is -2.35. The predicted molar refractivity (Wildman–Crippen MR) is 102 cm³/mol. The summed E-state index contributed by atoms with van der Waals surface area (Å²) in [7, 11) is 0. The maximum atomic E-state index is 13.0. The Morgan fingerprint density at radius 3 is 2.72 bits per heavy atom. The molecular weight excluding hydrogens is 381 g/mol. The Morgan fingerprint density at radius 1 is 1.24 bits per heavy atom. The lowest BCUT2D eigenvalue weighted by Gasteiger charge is -2.21. The van der Waals surface area contributed by atoms with Gasteiger partial charge in [0.05, 0.1) is 10.9 Å². The number of hydrogen-bond donors (Lipinski definition) is 2. The van der Waals surface area contributed by atoms with Gasteiger partial charge in [-0.05, 0) is 55.8 Å². The fourth-order valence-corrected chi connectivity index (χ4v) is 3.58.